The smallest absolute Gasteiger partial charge is 0.433 e. The van der Waals surface area contributed by atoms with Gasteiger partial charge in [0.25, 0.3) is 5.91 Å². The van der Waals surface area contributed by atoms with E-state index in [1.807, 2.05) is 0 Å². The number of rotatable bonds is 5. The maximum Gasteiger partial charge on any atom is 0.433 e. The van der Waals surface area contributed by atoms with Crippen LogP contribution in [0.2, 0.25) is 0 Å². The van der Waals surface area contributed by atoms with Crippen molar-refractivity contribution >= 4 is 5.91 Å². The average molecular weight is 264 g/mol. The summed E-state index contributed by atoms with van der Waals surface area (Å²) in [7, 11) is 1.40. The number of carbonyl (C=O) groups excluding carboxylic acids is 1. The molecule has 0 bridgehead atoms. The first-order valence-corrected chi connectivity index (χ1v) is 4.86. The molecule has 0 aliphatic carbocycles. The molecule has 1 aromatic rings. The highest BCUT2D eigenvalue weighted by atomic mass is 19.4. The minimum Gasteiger partial charge on any atom is -0.475 e. The lowest BCUT2D eigenvalue weighted by Crippen LogP contribution is -2.18. The summed E-state index contributed by atoms with van der Waals surface area (Å²) in [6.45, 7) is 0.112. The Hall–Kier alpha value is -1.83. The van der Waals surface area contributed by atoms with E-state index in [1.165, 1.54) is 7.11 Å². The fraction of sp³-hybridized carbons (Fsp3) is 0.400. The minimum absolute atomic E-state index is 0.0366. The summed E-state index contributed by atoms with van der Waals surface area (Å²) in [6, 6.07) is 1.60. The van der Waals surface area contributed by atoms with Crippen molar-refractivity contribution in [3.8, 4) is 5.88 Å². The third-order valence-corrected chi connectivity index (χ3v) is 1.94. The Kier molecular flexibility index (Phi) is 4.49. The maximum atomic E-state index is 12.4. The Morgan fingerprint density at radius 1 is 1.39 bits per heavy atom. The fourth-order valence-electron chi connectivity index (χ4n) is 1.12. The third-order valence-electron chi connectivity index (χ3n) is 1.94. The van der Waals surface area contributed by atoms with E-state index in [4.69, 9.17) is 10.5 Å². The van der Waals surface area contributed by atoms with Crippen molar-refractivity contribution < 1.29 is 27.4 Å². The molecule has 0 unspecified atom stereocenters. The van der Waals surface area contributed by atoms with E-state index in [2.05, 4.69) is 9.72 Å². The van der Waals surface area contributed by atoms with Gasteiger partial charge in [0.15, 0.2) is 0 Å². The molecule has 0 saturated carbocycles. The van der Waals surface area contributed by atoms with Gasteiger partial charge < -0.3 is 15.2 Å². The standard InChI is InChI=1S/C10H11F3N2O3/c1-17-4-5-18-9-6(8(14)16)2-3-7(15-9)10(11,12)13/h2-3H,4-5H2,1H3,(H2,14,16). The second-order valence-corrected chi connectivity index (χ2v) is 3.25. The number of nitrogens with zero attached hydrogens (tertiary/aromatic N) is 1. The van der Waals surface area contributed by atoms with Crippen molar-refractivity contribution in [1.29, 1.82) is 0 Å². The summed E-state index contributed by atoms with van der Waals surface area (Å²) in [5, 5.41) is 0. The van der Waals surface area contributed by atoms with Crippen LogP contribution in [-0.4, -0.2) is 31.2 Å². The van der Waals surface area contributed by atoms with E-state index in [0.717, 1.165) is 6.07 Å². The van der Waals surface area contributed by atoms with Crippen molar-refractivity contribution in [2.45, 2.75) is 6.18 Å². The number of pyridine rings is 1. The highest BCUT2D eigenvalue weighted by molar-refractivity contribution is 5.95. The number of aromatic nitrogens is 1. The van der Waals surface area contributed by atoms with Gasteiger partial charge in [-0.25, -0.2) is 4.98 Å². The highest BCUT2D eigenvalue weighted by Crippen LogP contribution is 2.30. The monoisotopic (exact) mass is 264 g/mol. The number of hydrogen-bond donors (Lipinski definition) is 1. The van der Waals surface area contributed by atoms with Crippen LogP contribution in [0.1, 0.15) is 16.1 Å². The first-order chi connectivity index (χ1) is 8.36. The van der Waals surface area contributed by atoms with Gasteiger partial charge in [-0.15, -0.1) is 0 Å². The Bertz CT molecular complexity index is 435. The number of carbonyl (C=O) groups is 1. The molecule has 1 heterocycles. The van der Waals surface area contributed by atoms with Gasteiger partial charge >= 0.3 is 6.18 Å². The second kappa shape index (κ2) is 5.67. The molecule has 0 atom stereocenters. The Balaban J connectivity index is 3.04. The highest BCUT2D eigenvalue weighted by Gasteiger charge is 2.33. The number of hydrogen-bond acceptors (Lipinski definition) is 4. The Morgan fingerprint density at radius 3 is 2.56 bits per heavy atom. The molecule has 100 valence electrons. The van der Waals surface area contributed by atoms with E-state index in [-0.39, 0.29) is 18.8 Å². The van der Waals surface area contributed by atoms with E-state index in [0.29, 0.717) is 6.07 Å². The molecular formula is C10H11F3N2O3. The number of alkyl halides is 3. The number of nitrogens with two attached hydrogens (primary N) is 1. The number of halogens is 3. The third kappa shape index (κ3) is 3.59. The predicted octanol–water partition coefficient (Wildman–Crippen LogP) is 1.22. The van der Waals surface area contributed by atoms with Gasteiger partial charge in [-0.1, -0.05) is 0 Å². The van der Waals surface area contributed by atoms with E-state index >= 15 is 0 Å². The van der Waals surface area contributed by atoms with Gasteiger partial charge in [0.05, 0.1) is 6.61 Å². The van der Waals surface area contributed by atoms with Crippen LogP contribution in [0.5, 0.6) is 5.88 Å². The largest absolute Gasteiger partial charge is 0.475 e. The Labute approximate surface area is 101 Å². The lowest BCUT2D eigenvalue weighted by atomic mass is 10.2. The van der Waals surface area contributed by atoms with E-state index in [1.54, 1.807) is 0 Å². The zero-order valence-electron chi connectivity index (χ0n) is 9.45. The summed E-state index contributed by atoms with van der Waals surface area (Å²) >= 11 is 0. The van der Waals surface area contributed by atoms with Gasteiger partial charge in [0, 0.05) is 7.11 Å². The number of primary amides is 1. The number of ether oxygens (including phenoxy) is 2. The number of amides is 1. The second-order valence-electron chi connectivity index (χ2n) is 3.25. The zero-order chi connectivity index (χ0) is 13.8. The summed E-state index contributed by atoms with van der Waals surface area (Å²) in [5.74, 6) is -1.36. The topological polar surface area (TPSA) is 74.4 Å². The van der Waals surface area contributed by atoms with Crippen LogP contribution >= 0.6 is 0 Å². The van der Waals surface area contributed by atoms with Gasteiger partial charge in [0.1, 0.15) is 17.9 Å². The van der Waals surface area contributed by atoms with Crippen LogP contribution in [-0.2, 0) is 10.9 Å². The van der Waals surface area contributed by atoms with Crippen molar-refractivity contribution in [3.05, 3.63) is 23.4 Å². The Morgan fingerprint density at radius 2 is 2.06 bits per heavy atom. The van der Waals surface area contributed by atoms with Crippen molar-refractivity contribution in [2.24, 2.45) is 5.73 Å². The SMILES string of the molecule is COCCOc1nc(C(F)(F)F)ccc1C(N)=O. The van der Waals surface area contributed by atoms with E-state index < -0.39 is 23.7 Å². The quantitative estimate of drug-likeness (QED) is 0.811. The molecule has 0 aliphatic heterocycles. The summed E-state index contributed by atoms with van der Waals surface area (Å²) < 4.78 is 46.9. The van der Waals surface area contributed by atoms with Gasteiger partial charge in [0.2, 0.25) is 5.88 Å². The molecule has 0 radical (unpaired) electrons. The van der Waals surface area contributed by atoms with Crippen LogP contribution in [0, 0.1) is 0 Å². The molecule has 8 heteroatoms. The zero-order valence-corrected chi connectivity index (χ0v) is 9.45. The summed E-state index contributed by atoms with van der Waals surface area (Å²) in [5.41, 5.74) is 3.64. The van der Waals surface area contributed by atoms with Gasteiger partial charge in [-0.05, 0) is 12.1 Å². The van der Waals surface area contributed by atoms with Crippen LogP contribution in [0.25, 0.3) is 0 Å². The van der Waals surface area contributed by atoms with Gasteiger partial charge in [-0.3, -0.25) is 4.79 Å². The minimum atomic E-state index is -4.62. The van der Waals surface area contributed by atoms with Crippen molar-refractivity contribution in [1.82, 2.24) is 4.98 Å². The van der Waals surface area contributed by atoms with Crippen LogP contribution < -0.4 is 10.5 Å². The molecule has 5 nitrogen and oxygen atoms in total. The van der Waals surface area contributed by atoms with Crippen LogP contribution in [0.15, 0.2) is 12.1 Å². The molecular weight excluding hydrogens is 253 g/mol. The molecule has 1 amide bonds. The molecule has 0 aliphatic rings. The molecule has 0 spiro atoms. The first-order valence-electron chi connectivity index (χ1n) is 4.86. The summed E-state index contributed by atoms with van der Waals surface area (Å²) in [4.78, 5) is 14.2. The molecule has 18 heavy (non-hydrogen) atoms. The maximum absolute atomic E-state index is 12.4. The van der Waals surface area contributed by atoms with Crippen LogP contribution in [0.4, 0.5) is 13.2 Å². The molecule has 0 aromatic carbocycles. The van der Waals surface area contributed by atoms with Gasteiger partial charge in [-0.2, -0.15) is 13.2 Å². The molecule has 0 fully saturated rings. The molecule has 0 saturated heterocycles. The van der Waals surface area contributed by atoms with E-state index in [9.17, 15) is 18.0 Å². The molecule has 2 N–H and O–H groups in total. The molecule has 1 aromatic heterocycles. The lowest BCUT2D eigenvalue weighted by molar-refractivity contribution is -0.141. The average Bonchev–Trinajstić information content (AvgIpc) is 2.27. The summed E-state index contributed by atoms with van der Waals surface area (Å²) in [6.07, 6.45) is -4.62. The number of methoxy groups -OCH3 is 1. The fourth-order valence-corrected chi connectivity index (χ4v) is 1.12. The predicted molar refractivity (Wildman–Crippen MR) is 55.1 cm³/mol. The van der Waals surface area contributed by atoms with Crippen molar-refractivity contribution in [2.75, 3.05) is 20.3 Å². The lowest BCUT2D eigenvalue weighted by Gasteiger charge is -2.11. The molecule has 1 rings (SSSR count). The van der Waals surface area contributed by atoms with Crippen molar-refractivity contribution in [3.63, 3.8) is 0 Å². The van der Waals surface area contributed by atoms with Crippen LogP contribution in [0.3, 0.4) is 0 Å². The first kappa shape index (κ1) is 14.2. The normalized spacial score (nSPS) is 11.3.